The van der Waals surface area contributed by atoms with Crippen LogP contribution in [0.1, 0.15) is 0 Å². The minimum Gasteiger partial charge on any atom is -0.499 e. The Labute approximate surface area is 63.5 Å². The average molecular weight is 168 g/mol. The third-order valence-electron chi connectivity index (χ3n) is 0.827. The molecule has 0 aliphatic carbocycles. The van der Waals surface area contributed by atoms with Gasteiger partial charge in [-0.3, -0.25) is 9.47 Å². The van der Waals surface area contributed by atoms with E-state index in [-0.39, 0.29) is 13.2 Å². The minimum absolute atomic E-state index is 0.0302. The molecular formula is C6H10F2O3. The predicted octanol–water partition coefficient (Wildman–Crippen LogP) is 1.36. The van der Waals surface area contributed by atoms with Crippen LogP contribution >= 0.6 is 0 Å². The zero-order chi connectivity index (χ0) is 8.74. The van der Waals surface area contributed by atoms with Crippen LogP contribution in [-0.2, 0) is 14.2 Å². The molecule has 0 fully saturated rings. The van der Waals surface area contributed by atoms with E-state index in [1.165, 1.54) is 0 Å². The normalized spacial score (nSPS) is 11.2. The Bertz CT molecular complexity index is 116. The summed E-state index contributed by atoms with van der Waals surface area (Å²) in [6.45, 7) is 3.01. The third-order valence-corrected chi connectivity index (χ3v) is 0.827. The first-order valence-electron chi connectivity index (χ1n) is 2.92. The van der Waals surface area contributed by atoms with Gasteiger partial charge in [0.25, 0.3) is 0 Å². The molecule has 0 bridgehead atoms. The molecule has 11 heavy (non-hydrogen) atoms. The summed E-state index contributed by atoms with van der Waals surface area (Å²) in [6.07, 6.45) is -2.38. The first-order chi connectivity index (χ1) is 5.12. The monoisotopic (exact) mass is 168 g/mol. The fourth-order valence-electron chi connectivity index (χ4n) is 0.351. The average Bonchev–Trinajstić information content (AvgIpc) is 1.99. The lowest BCUT2D eigenvalue weighted by Crippen LogP contribution is -2.24. The number of rotatable bonds is 6. The van der Waals surface area contributed by atoms with Gasteiger partial charge < -0.3 is 4.74 Å². The molecule has 0 atom stereocenters. The first-order valence-corrected chi connectivity index (χ1v) is 2.92. The smallest absolute Gasteiger partial charge is 0.485 e. The molecule has 0 saturated heterocycles. The summed E-state index contributed by atoms with van der Waals surface area (Å²) in [7, 11) is 0.856. The molecule has 0 aromatic rings. The van der Waals surface area contributed by atoms with Crippen molar-refractivity contribution >= 4 is 0 Å². The zero-order valence-corrected chi connectivity index (χ0v) is 6.18. The van der Waals surface area contributed by atoms with Crippen molar-refractivity contribution in [1.29, 1.82) is 0 Å². The Morgan fingerprint density at radius 1 is 1.45 bits per heavy atom. The summed E-state index contributed by atoms with van der Waals surface area (Å²) in [5.41, 5.74) is 0. The standard InChI is InChI=1S/C6H10F2O3/c1-3-10-4-5-11-6(7,8)9-2/h3H,1,4-5H2,2H3. The molecule has 0 aliphatic heterocycles. The highest BCUT2D eigenvalue weighted by Gasteiger charge is 2.29. The summed E-state index contributed by atoms with van der Waals surface area (Å²) in [5.74, 6) is 0. The van der Waals surface area contributed by atoms with Crippen molar-refractivity contribution in [2.45, 2.75) is 6.29 Å². The van der Waals surface area contributed by atoms with Crippen LogP contribution in [0.25, 0.3) is 0 Å². The summed E-state index contributed by atoms with van der Waals surface area (Å²) < 4.78 is 36.3. The van der Waals surface area contributed by atoms with E-state index >= 15 is 0 Å². The zero-order valence-electron chi connectivity index (χ0n) is 6.18. The second-order valence-corrected chi connectivity index (χ2v) is 1.55. The van der Waals surface area contributed by atoms with Crippen LogP contribution in [0.2, 0.25) is 0 Å². The van der Waals surface area contributed by atoms with E-state index in [1.807, 2.05) is 0 Å². The van der Waals surface area contributed by atoms with Crippen LogP contribution in [0, 0.1) is 0 Å². The molecule has 0 rings (SSSR count). The Kier molecular flexibility index (Phi) is 4.72. The van der Waals surface area contributed by atoms with Crippen molar-refractivity contribution in [3.8, 4) is 0 Å². The summed E-state index contributed by atoms with van der Waals surface area (Å²) in [5, 5.41) is 0. The van der Waals surface area contributed by atoms with Crippen molar-refractivity contribution in [2.75, 3.05) is 20.3 Å². The maximum absolute atomic E-state index is 12.1. The van der Waals surface area contributed by atoms with Crippen molar-refractivity contribution in [2.24, 2.45) is 0 Å². The summed E-state index contributed by atoms with van der Waals surface area (Å²) in [4.78, 5) is 0. The van der Waals surface area contributed by atoms with Crippen LogP contribution in [0.5, 0.6) is 0 Å². The lowest BCUT2D eigenvalue weighted by atomic mass is 10.8. The highest BCUT2D eigenvalue weighted by molar-refractivity contribution is 4.47. The number of halogens is 2. The molecule has 0 amide bonds. The fourth-order valence-corrected chi connectivity index (χ4v) is 0.351. The molecular weight excluding hydrogens is 158 g/mol. The summed E-state index contributed by atoms with van der Waals surface area (Å²) in [6, 6.07) is 0. The van der Waals surface area contributed by atoms with Crippen LogP contribution in [0.15, 0.2) is 12.8 Å². The van der Waals surface area contributed by atoms with Gasteiger partial charge in [-0.25, -0.2) is 0 Å². The first kappa shape index (κ1) is 10.3. The molecule has 0 saturated carbocycles. The van der Waals surface area contributed by atoms with Gasteiger partial charge in [0.15, 0.2) is 0 Å². The largest absolute Gasteiger partial charge is 0.499 e. The predicted molar refractivity (Wildman–Crippen MR) is 34.1 cm³/mol. The van der Waals surface area contributed by atoms with Gasteiger partial charge in [0.05, 0.1) is 12.9 Å². The molecule has 0 unspecified atom stereocenters. The van der Waals surface area contributed by atoms with Gasteiger partial charge in [-0.15, -0.1) is 8.78 Å². The van der Waals surface area contributed by atoms with Gasteiger partial charge >= 0.3 is 6.29 Å². The fraction of sp³-hybridized carbons (Fsp3) is 0.667. The maximum atomic E-state index is 12.1. The number of hydrogen-bond donors (Lipinski definition) is 0. The number of hydrogen-bond acceptors (Lipinski definition) is 3. The highest BCUT2D eigenvalue weighted by Crippen LogP contribution is 2.14. The molecule has 3 nitrogen and oxygen atoms in total. The maximum Gasteiger partial charge on any atom is 0.485 e. The van der Waals surface area contributed by atoms with Gasteiger partial charge in [-0.1, -0.05) is 6.58 Å². The minimum atomic E-state index is -3.52. The van der Waals surface area contributed by atoms with Gasteiger partial charge in [-0.05, 0) is 0 Å². The second kappa shape index (κ2) is 5.03. The summed E-state index contributed by atoms with van der Waals surface area (Å²) >= 11 is 0. The molecule has 0 N–H and O–H groups in total. The van der Waals surface area contributed by atoms with Crippen molar-refractivity contribution in [3.63, 3.8) is 0 Å². The number of alkyl halides is 2. The van der Waals surface area contributed by atoms with Gasteiger partial charge in [0.2, 0.25) is 0 Å². The third kappa shape index (κ3) is 5.75. The second-order valence-electron chi connectivity index (χ2n) is 1.55. The quantitative estimate of drug-likeness (QED) is 0.340. The molecule has 0 spiro atoms. The molecule has 0 aliphatic rings. The van der Waals surface area contributed by atoms with Gasteiger partial charge in [0.1, 0.15) is 6.61 Å². The van der Waals surface area contributed by atoms with Gasteiger partial charge in [0, 0.05) is 7.11 Å². The van der Waals surface area contributed by atoms with Crippen LogP contribution in [0.3, 0.4) is 0 Å². The van der Waals surface area contributed by atoms with E-state index in [0.29, 0.717) is 0 Å². The van der Waals surface area contributed by atoms with E-state index in [0.717, 1.165) is 13.4 Å². The van der Waals surface area contributed by atoms with Crippen LogP contribution in [0.4, 0.5) is 8.78 Å². The highest BCUT2D eigenvalue weighted by atomic mass is 19.3. The van der Waals surface area contributed by atoms with E-state index in [2.05, 4.69) is 20.8 Å². The lowest BCUT2D eigenvalue weighted by Gasteiger charge is -2.12. The van der Waals surface area contributed by atoms with E-state index in [4.69, 9.17) is 0 Å². The Hall–Kier alpha value is -0.680. The van der Waals surface area contributed by atoms with Crippen molar-refractivity contribution in [1.82, 2.24) is 0 Å². The molecule has 0 radical (unpaired) electrons. The van der Waals surface area contributed by atoms with Crippen molar-refractivity contribution in [3.05, 3.63) is 12.8 Å². The van der Waals surface area contributed by atoms with E-state index < -0.39 is 6.29 Å². The Morgan fingerprint density at radius 3 is 2.55 bits per heavy atom. The van der Waals surface area contributed by atoms with Crippen LogP contribution < -0.4 is 0 Å². The molecule has 5 heteroatoms. The van der Waals surface area contributed by atoms with Crippen molar-refractivity contribution < 1.29 is 23.0 Å². The van der Waals surface area contributed by atoms with E-state index in [1.54, 1.807) is 0 Å². The van der Waals surface area contributed by atoms with Crippen LogP contribution in [-0.4, -0.2) is 26.6 Å². The lowest BCUT2D eigenvalue weighted by molar-refractivity contribution is -0.384. The Morgan fingerprint density at radius 2 is 2.09 bits per heavy atom. The molecule has 0 aromatic carbocycles. The van der Waals surface area contributed by atoms with E-state index in [9.17, 15) is 8.78 Å². The number of methoxy groups -OCH3 is 1. The molecule has 66 valence electrons. The van der Waals surface area contributed by atoms with Gasteiger partial charge in [-0.2, -0.15) is 0 Å². The SMILES string of the molecule is C=COCCOC(F)(F)OC. The number of ether oxygens (including phenoxy) is 3. The molecule has 0 aromatic heterocycles. The topological polar surface area (TPSA) is 27.7 Å². The Balaban J connectivity index is 3.29. The molecule has 0 heterocycles.